The van der Waals surface area contributed by atoms with E-state index in [9.17, 15) is 0 Å². The smallest absolute Gasteiger partial charge is 0.237 e. The van der Waals surface area contributed by atoms with Gasteiger partial charge in [-0.1, -0.05) is 6.92 Å². The van der Waals surface area contributed by atoms with Crippen molar-refractivity contribution in [2.45, 2.75) is 13.5 Å². The van der Waals surface area contributed by atoms with Crippen molar-refractivity contribution in [1.29, 1.82) is 0 Å². The zero-order valence-electron chi connectivity index (χ0n) is 9.93. The molecule has 0 saturated carbocycles. The highest BCUT2D eigenvalue weighted by molar-refractivity contribution is 9.10. The predicted octanol–water partition coefficient (Wildman–Crippen LogP) is 2.54. The minimum absolute atomic E-state index is 0.454. The van der Waals surface area contributed by atoms with Crippen LogP contribution in [0.3, 0.4) is 0 Å². The van der Waals surface area contributed by atoms with Gasteiger partial charge in [-0.15, -0.1) is 0 Å². The molecule has 2 heterocycles. The van der Waals surface area contributed by atoms with E-state index >= 15 is 0 Å². The Labute approximate surface area is 114 Å². The lowest BCUT2D eigenvalue weighted by Gasteiger charge is -2.05. The fourth-order valence-electron chi connectivity index (χ4n) is 1.31. The Morgan fingerprint density at radius 3 is 2.78 bits per heavy atom. The van der Waals surface area contributed by atoms with E-state index < -0.39 is 0 Å². The number of hydrogen-bond acceptors (Lipinski definition) is 5. The monoisotopic (exact) mass is 308 g/mol. The second-order valence-electron chi connectivity index (χ2n) is 3.57. The highest BCUT2D eigenvalue weighted by Gasteiger charge is 2.01. The second kappa shape index (κ2) is 6.42. The summed E-state index contributed by atoms with van der Waals surface area (Å²) in [6.07, 6.45) is 6.62. The molecule has 0 bridgehead atoms. The molecular weight excluding hydrogens is 296 g/mol. The Kier molecular flexibility index (Phi) is 4.60. The Bertz CT molecular complexity index is 504. The lowest BCUT2D eigenvalue weighted by molar-refractivity contribution is 0.456. The lowest BCUT2D eigenvalue weighted by Crippen LogP contribution is -2.13. The van der Waals surface area contributed by atoms with E-state index in [1.807, 2.05) is 13.0 Å². The van der Waals surface area contributed by atoms with Crippen molar-refractivity contribution in [3.8, 4) is 11.6 Å². The van der Waals surface area contributed by atoms with Gasteiger partial charge in [0, 0.05) is 17.2 Å². The molecule has 0 unspecified atom stereocenters. The molecule has 0 fully saturated rings. The topological polar surface area (TPSA) is 59.9 Å². The quantitative estimate of drug-likeness (QED) is 0.919. The highest BCUT2D eigenvalue weighted by atomic mass is 79.9. The summed E-state index contributed by atoms with van der Waals surface area (Å²) >= 11 is 3.33. The molecule has 6 heteroatoms. The van der Waals surface area contributed by atoms with Crippen LogP contribution in [0.15, 0.2) is 35.3 Å². The van der Waals surface area contributed by atoms with Gasteiger partial charge in [0.2, 0.25) is 5.88 Å². The summed E-state index contributed by atoms with van der Waals surface area (Å²) in [5.74, 6) is 1.08. The number of ether oxygens (including phenoxy) is 1. The largest absolute Gasteiger partial charge is 0.436 e. The van der Waals surface area contributed by atoms with E-state index in [0.29, 0.717) is 18.2 Å². The van der Waals surface area contributed by atoms with Gasteiger partial charge in [-0.2, -0.15) is 0 Å². The van der Waals surface area contributed by atoms with E-state index in [4.69, 9.17) is 4.74 Å². The predicted molar refractivity (Wildman–Crippen MR) is 71.4 cm³/mol. The molecule has 2 rings (SSSR count). The van der Waals surface area contributed by atoms with Crippen LogP contribution in [0.1, 0.15) is 12.6 Å². The number of nitrogens with one attached hydrogen (secondary N) is 1. The fraction of sp³-hybridized carbons (Fsp3) is 0.250. The number of rotatable bonds is 5. The van der Waals surface area contributed by atoms with Crippen molar-refractivity contribution in [1.82, 2.24) is 20.3 Å². The molecule has 0 spiro atoms. The average molecular weight is 309 g/mol. The van der Waals surface area contributed by atoms with Crippen molar-refractivity contribution in [2.24, 2.45) is 0 Å². The zero-order valence-corrected chi connectivity index (χ0v) is 11.5. The molecule has 18 heavy (non-hydrogen) atoms. The normalized spacial score (nSPS) is 10.3. The molecule has 2 aromatic heterocycles. The van der Waals surface area contributed by atoms with Gasteiger partial charge in [-0.05, 0) is 28.5 Å². The van der Waals surface area contributed by atoms with Crippen LogP contribution in [0, 0.1) is 0 Å². The van der Waals surface area contributed by atoms with Gasteiger partial charge >= 0.3 is 0 Å². The first-order valence-electron chi connectivity index (χ1n) is 5.58. The van der Waals surface area contributed by atoms with Crippen LogP contribution in [-0.2, 0) is 6.54 Å². The molecule has 94 valence electrons. The third-order valence-electron chi connectivity index (χ3n) is 2.14. The molecule has 0 aliphatic heterocycles. The van der Waals surface area contributed by atoms with Crippen molar-refractivity contribution >= 4 is 15.9 Å². The second-order valence-corrected chi connectivity index (χ2v) is 4.48. The van der Waals surface area contributed by atoms with Crippen LogP contribution < -0.4 is 10.1 Å². The first-order chi connectivity index (χ1) is 8.78. The van der Waals surface area contributed by atoms with Gasteiger partial charge in [0.15, 0.2) is 0 Å². The standard InChI is InChI=1S/C12H13BrN4O/c1-2-14-5-10-6-17-12(8-16-10)18-11-3-9(13)4-15-7-11/h3-4,6-8,14H,2,5H2,1H3. The van der Waals surface area contributed by atoms with Gasteiger partial charge in [0.25, 0.3) is 0 Å². The van der Waals surface area contributed by atoms with Crippen LogP contribution in [-0.4, -0.2) is 21.5 Å². The van der Waals surface area contributed by atoms with Gasteiger partial charge in [-0.25, -0.2) is 4.98 Å². The summed E-state index contributed by atoms with van der Waals surface area (Å²) < 4.78 is 6.39. The number of halogens is 1. The van der Waals surface area contributed by atoms with Crippen LogP contribution >= 0.6 is 15.9 Å². The molecule has 2 aromatic rings. The van der Waals surface area contributed by atoms with E-state index in [-0.39, 0.29) is 0 Å². The summed E-state index contributed by atoms with van der Waals surface area (Å²) in [5, 5.41) is 3.18. The van der Waals surface area contributed by atoms with E-state index in [1.54, 1.807) is 24.8 Å². The molecular formula is C12H13BrN4O. The third-order valence-corrected chi connectivity index (χ3v) is 2.57. The molecule has 5 nitrogen and oxygen atoms in total. The molecule has 0 atom stereocenters. The fourth-order valence-corrected chi connectivity index (χ4v) is 1.65. The first kappa shape index (κ1) is 12.9. The maximum absolute atomic E-state index is 5.53. The van der Waals surface area contributed by atoms with Gasteiger partial charge in [0.1, 0.15) is 5.75 Å². The molecule has 0 aliphatic rings. The highest BCUT2D eigenvalue weighted by Crippen LogP contribution is 2.20. The van der Waals surface area contributed by atoms with E-state index in [1.165, 1.54) is 0 Å². The van der Waals surface area contributed by atoms with Crippen molar-refractivity contribution in [3.05, 3.63) is 41.0 Å². The Balaban J connectivity index is 2.02. The number of nitrogens with zero attached hydrogens (tertiary/aromatic N) is 3. The first-order valence-corrected chi connectivity index (χ1v) is 6.37. The summed E-state index contributed by atoms with van der Waals surface area (Å²) in [5.41, 5.74) is 0.886. The summed E-state index contributed by atoms with van der Waals surface area (Å²) in [7, 11) is 0. The number of hydrogen-bond donors (Lipinski definition) is 1. The summed E-state index contributed by atoms with van der Waals surface area (Å²) in [6, 6.07) is 1.82. The minimum atomic E-state index is 0.454. The Morgan fingerprint density at radius 1 is 1.22 bits per heavy atom. The van der Waals surface area contributed by atoms with E-state index in [0.717, 1.165) is 16.7 Å². The lowest BCUT2D eigenvalue weighted by atomic mass is 10.4. The minimum Gasteiger partial charge on any atom is -0.436 e. The molecule has 0 aliphatic carbocycles. The van der Waals surface area contributed by atoms with Crippen LogP contribution in [0.5, 0.6) is 11.6 Å². The molecule has 0 saturated heterocycles. The van der Waals surface area contributed by atoms with Gasteiger partial charge in [-0.3, -0.25) is 9.97 Å². The Morgan fingerprint density at radius 2 is 2.11 bits per heavy atom. The Hall–Kier alpha value is -1.53. The van der Waals surface area contributed by atoms with Gasteiger partial charge in [0.05, 0.1) is 24.3 Å². The molecule has 1 N–H and O–H groups in total. The molecule has 0 radical (unpaired) electrons. The summed E-state index contributed by atoms with van der Waals surface area (Å²) in [6.45, 7) is 3.66. The maximum atomic E-state index is 5.53. The van der Waals surface area contributed by atoms with Crippen LogP contribution in [0.4, 0.5) is 0 Å². The van der Waals surface area contributed by atoms with E-state index in [2.05, 4.69) is 36.2 Å². The molecule has 0 aromatic carbocycles. The van der Waals surface area contributed by atoms with Crippen LogP contribution in [0.25, 0.3) is 0 Å². The van der Waals surface area contributed by atoms with Crippen molar-refractivity contribution in [2.75, 3.05) is 6.54 Å². The van der Waals surface area contributed by atoms with Crippen molar-refractivity contribution in [3.63, 3.8) is 0 Å². The summed E-state index contributed by atoms with van der Waals surface area (Å²) in [4.78, 5) is 12.4. The van der Waals surface area contributed by atoms with Gasteiger partial charge < -0.3 is 10.1 Å². The number of pyridine rings is 1. The average Bonchev–Trinajstić information content (AvgIpc) is 2.38. The molecule has 0 amide bonds. The SMILES string of the molecule is CCNCc1cnc(Oc2cncc(Br)c2)cn1. The van der Waals surface area contributed by atoms with Crippen LogP contribution in [0.2, 0.25) is 0 Å². The third kappa shape index (κ3) is 3.75. The zero-order chi connectivity index (χ0) is 12.8. The number of aromatic nitrogens is 3. The van der Waals surface area contributed by atoms with Crippen molar-refractivity contribution < 1.29 is 4.74 Å². The maximum Gasteiger partial charge on any atom is 0.237 e.